The summed E-state index contributed by atoms with van der Waals surface area (Å²) in [5, 5.41) is 15.6. The van der Waals surface area contributed by atoms with Crippen LogP contribution in [0.25, 0.3) is 0 Å². The molecule has 0 bridgehead atoms. The Bertz CT molecular complexity index is 219. The summed E-state index contributed by atoms with van der Waals surface area (Å²) >= 11 is 0. The normalized spacial score (nSPS) is 9.55. The minimum absolute atomic E-state index is 0.0187. The van der Waals surface area contributed by atoms with Crippen LogP contribution in [-0.2, 0) is 11.2 Å². The number of amides is 1. The van der Waals surface area contributed by atoms with Crippen molar-refractivity contribution in [3.8, 4) is 0 Å². The maximum Gasteiger partial charge on any atom is 0.220 e. The zero-order valence-electron chi connectivity index (χ0n) is 6.16. The summed E-state index contributed by atoms with van der Waals surface area (Å²) in [5.41, 5.74) is 0. The van der Waals surface area contributed by atoms with Gasteiger partial charge >= 0.3 is 0 Å². The lowest BCUT2D eigenvalue weighted by Gasteiger charge is -1.93. The minimum atomic E-state index is -0.0187. The van der Waals surface area contributed by atoms with Crippen molar-refractivity contribution in [2.24, 2.45) is 0 Å². The molecule has 6 nitrogen and oxygen atoms in total. The number of nitrogens with zero attached hydrogens (tertiary/aromatic N) is 3. The van der Waals surface area contributed by atoms with E-state index >= 15 is 0 Å². The number of hydrogen-bond donors (Lipinski definition) is 2. The third kappa shape index (κ3) is 2.32. The van der Waals surface area contributed by atoms with Crippen LogP contribution >= 0.6 is 0 Å². The molecule has 0 aliphatic rings. The van der Waals surface area contributed by atoms with Crippen LogP contribution < -0.4 is 5.32 Å². The fourth-order valence-electron chi connectivity index (χ4n) is 0.639. The van der Waals surface area contributed by atoms with Gasteiger partial charge in [-0.05, 0) is 0 Å². The Morgan fingerprint density at radius 1 is 1.73 bits per heavy atom. The van der Waals surface area contributed by atoms with Gasteiger partial charge in [-0.15, -0.1) is 10.2 Å². The van der Waals surface area contributed by atoms with Gasteiger partial charge in [0.2, 0.25) is 5.91 Å². The summed E-state index contributed by atoms with van der Waals surface area (Å²) in [6.45, 7) is 0. The van der Waals surface area contributed by atoms with Gasteiger partial charge in [0.25, 0.3) is 0 Å². The summed E-state index contributed by atoms with van der Waals surface area (Å²) in [6, 6.07) is 0. The van der Waals surface area contributed by atoms with Crippen molar-refractivity contribution in [1.29, 1.82) is 0 Å². The van der Waals surface area contributed by atoms with Crippen molar-refractivity contribution in [1.82, 2.24) is 25.9 Å². The topological polar surface area (TPSA) is 83.6 Å². The van der Waals surface area contributed by atoms with Crippen LogP contribution in [0.15, 0.2) is 0 Å². The summed E-state index contributed by atoms with van der Waals surface area (Å²) in [7, 11) is 1.60. The molecule has 1 amide bonds. The van der Waals surface area contributed by atoms with Crippen molar-refractivity contribution in [3.05, 3.63) is 5.82 Å². The fraction of sp³-hybridized carbons (Fsp3) is 0.600. The maximum absolute atomic E-state index is 10.7. The summed E-state index contributed by atoms with van der Waals surface area (Å²) in [4.78, 5) is 10.7. The lowest BCUT2D eigenvalue weighted by molar-refractivity contribution is -0.120. The molecular formula is C5H9N5O. The van der Waals surface area contributed by atoms with Crippen LogP contribution in [0, 0.1) is 0 Å². The molecule has 0 radical (unpaired) electrons. The Kier molecular flexibility index (Phi) is 2.53. The van der Waals surface area contributed by atoms with Gasteiger partial charge in [-0.25, -0.2) is 0 Å². The molecule has 11 heavy (non-hydrogen) atoms. The Morgan fingerprint density at radius 3 is 3.09 bits per heavy atom. The van der Waals surface area contributed by atoms with Crippen LogP contribution in [0.1, 0.15) is 12.2 Å². The smallest absolute Gasteiger partial charge is 0.220 e. The number of aromatic nitrogens is 4. The van der Waals surface area contributed by atoms with Gasteiger partial charge in [0.1, 0.15) is 0 Å². The first-order valence-corrected chi connectivity index (χ1v) is 3.26. The third-order valence-corrected chi connectivity index (χ3v) is 1.24. The molecule has 0 saturated carbocycles. The van der Waals surface area contributed by atoms with Crippen LogP contribution in [-0.4, -0.2) is 33.6 Å². The molecule has 0 aliphatic carbocycles. The van der Waals surface area contributed by atoms with E-state index in [0.717, 1.165) is 0 Å². The van der Waals surface area contributed by atoms with Crippen molar-refractivity contribution < 1.29 is 4.79 Å². The number of nitrogens with one attached hydrogen (secondary N) is 2. The number of carbonyl (C=O) groups is 1. The molecule has 0 aromatic carbocycles. The Morgan fingerprint density at radius 2 is 2.55 bits per heavy atom. The molecule has 1 heterocycles. The van der Waals surface area contributed by atoms with Gasteiger partial charge < -0.3 is 5.32 Å². The Hall–Kier alpha value is -1.46. The second-order valence-electron chi connectivity index (χ2n) is 2.00. The Balaban J connectivity index is 2.29. The summed E-state index contributed by atoms with van der Waals surface area (Å²) in [5.74, 6) is 0.545. The number of H-pyrrole nitrogens is 1. The van der Waals surface area contributed by atoms with E-state index in [0.29, 0.717) is 18.7 Å². The molecule has 0 aliphatic heterocycles. The van der Waals surface area contributed by atoms with Gasteiger partial charge in [0, 0.05) is 19.9 Å². The average molecular weight is 155 g/mol. The molecule has 1 rings (SSSR count). The molecule has 0 unspecified atom stereocenters. The summed E-state index contributed by atoms with van der Waals surface area (Å²) < 4.78 is 0. The number of carbonyl (C=O) groups excluding carboxylic acids is 1. The van der Waals surface area contributed by atoms with E-state index < -0.39 is 0 Å². The highest BCUT2D eigenvalue weighted by Crippen LogP contribution is 1.90. The predicted molar refractivity (Wildman–Crippen MR) is 36.6 cm³/mol. The Labute approximate surface area is 63.4 Å². The third-order valence-electron chi connectivity index (χ3n) is 1.24. The molecule has 0 atom stereocenters. The molecule has 60 valence electrons. The standard InChI is InChI=1S/C5H9N5O/c1-6-5(11)3-2-4-7-9-10-8-4/h2-3H2,1H3,(H,6,11)(H,7,8,9,10). The SMILES string of the molecule is CNC(=O)CCc1nn[nH]n1. The zero-order chi connectivity index (χ0) is 8.10. The van der Waals surface area contributed by atoms with Gasteiger partial charge in [0.15, 0.2) is 5.82 Å². The van der Waals surface area contributed by atoms with Crippen molar-refractivity contribution in [3.63, 3.8) is 0 Å². The molecule has 6 heteroatoms. The van der Waals surface area contributed by atoms with E-state index in [1.807, 2.05) is 0 Å². The lowest BCUT2D eigenvalue weighted by Crippen LogP contribution is -2.18. The largest absolute Gasteiger partial charge is 0.359 e. The minimum Gasteiger partial charge on any atom is -0.359 e. The molecule has 0 spiro atoms. The van der Waals surface area contributed by atoms with Gasteiger partial charge in [-0.3, -0.25) is 4.79 Å². The molecule has 0 fully saturated rings. The molecule has 1 aromatic rings. The molecule has 0 saturated heterocycles. The van der Waals surface area contributed by atoms with E-state index in [1.165, 1.54) is 0 Å². The first-order chi connectivity index (χ1) is 5.33. The highest BCUT2D eigenvalue weighted by molar-refractivity contribution is 5.75. The zero-order valence-corrected chi connectivity index (χ0v) is 6.16. The van der Waals surface area contributed by atoms with Crippen LogP contribution in [0.4, 0.5) is 0 Å². The molecular weight excluding hydrogens is 146 g/mol. The summed E-state index contributed by atoms with van der Waals surface area (Å²) in [6.07, 6.45) is 0.923. The maximum atomic E-state index is 10.7. The van der Waals surface area contributed by atoms with Gasteiger partial charge in [-0.1, -0.05) is 5.21 Å². The first kappa shape index (κ1) is 7.64. The molecule has 2 N–H and O–H groups in total. The number of aryl methyl sites for hydroxylation is 1. The van der Waals surface area contributed by atoms with Crippen molar-refractivity contribution in [2.75, 3.05) is 7.05 Å². The number of hydrogen-bond acceptors (Lipinski definition) is 4. The number of tetrazole rings is 1. The highest BCUT2D eigenvalue weighted by Gasteiger charge is 2.01. The van der Waals surface area contributed by atoms with Crippen molar-refractivity contribution in [2.45, 2.75) is 12.8 Å². The van der Waals surface area contributed by atoms with E-state index in [1.54, 1.807) is 7.05 Å². The van der Waals surface area contributed by atoms with Crippen LogP contribution in [0.2, 0.25) is 0 Å². The second-order valence-corrected chi connectivity index (χ2v) is 2.00. The van der Waals surface area contributed by atoms with Gasteiger partial charge in [-0.2, -0.15) is 5.21 Å². The van der Waals surface area contributed by atoms with Crippen molar-refractivity contribution >= 4 is 5.91 Å². The first-order valence-electron chi connectivity index (χ1n) is 3.26. The van der Waals surface area contributed by atoms with E-state index in [-0.39, 0.29) is 5.91 Å². The lowest BCUT2D eigenvalue weighted by atomic mass is 10.3. The average Bonchev–Trinajstić information content (AvgIpc) is 2.52. The van der Waals surface area contributed by atoms with E-state index in [9.17, 15) is 4.79 Å². The van der Waals surface area contributed by atoms with E-state index in [2.05, 4.69) is 25.9 Å². The quantitative estimate of drug-likeness (QED) is 0.579. The van der Waals surface area contributed by atoms with Gasteiger partial charge in [0.05, 0.1) is 0 Å². The van der Waals surface area contributed by atoms with Crippen LogP contribution in [0.5, 0.6) is 0 Å². The number of rotatable bonds is 3. The fourth-order valence-corrected chi connectivity index (χ4v) is 0.639. The van der Waals surface area contributed by atoms with E-state index in [4.69, 9.17) is 0 Å². The molecule has 1 aromatic heterocycles. The number of aromatic amines is 1. The predicted octanol–water partition coefficient (Wildman–Crippen LogP) is -1.12. The second kappa shape index (κ2) is 3.65. The monoisotopic (exact) mass is 155 g/mol. The van der Waals surface area contributed by atoms with Crippen LogP contribution in [0.3, 0.4) is 0 Å². The highest BCUT2D eigenvalue weighted by atomic mass is 16.1.